The number of carbonyl (C=O) groups excluding carboxylic acids is 2. The van der Waals surface area contributed by atoms with E-state index in [2.05, 4.69) is 15.2 Å². The van der Waals surface area contributed by atoms with Crippen molar-refractivity contribution >= 4 is 17.5 Å². The number of benzene rings is 2. The Labute approximate surface area is 200 Å². The van der Waals surface area contributed by atoms with Gasteiger partial charge in [0, 0.05) is 49.7 Å². The second-order valence-corrected chi connectivity index (χ2v) is 8.54. The highest BCUT2D eigenvalue weighted by Gasteiger charge is 2.24. The molecule has 1 aromatic heterocycles. The number of aromatic nitrogens is 1. The van der Waals surface area contributed by atoms with Crippen molar-refractivity contribution in [1.29, 1.82) is 0 Å². The molecule has 0 radical (unpaired) electrons. The van der Waals surface area contributed by atoms with Gasteiger partial charge in [-0.05, 0) is 36.6 Å². The molecule has 0 saturated carbocycles. The summed E-state index contributed by atoms with van der Waals surface area (Å²) >= 11 is 0. The zero-order valence-corrected chi connectivity index (χ0v) is 19.7. The van der Waals surface area contributed by atoms with Crippen molar-refractivity contribution in [3.63, 3.8) is 0 Å². The minimum absolute atomic E-state index is 0.0356. The first-order chi connectivity index (χ1) is 16.5. The smallest absolute Gasteiger partial charge is 0.254 e. The van der Waals surface area contributed by atoms with E-state index < -0.39 is 0 Å². The number of pyridine rings is 1. The van der Waals surface area contributed by atoms with Gasteiger partial charge in [-0.2, -0.15) is 0 Å². The van der Waals surface area contributed by atoms with Crippen LogP contribution in [0.4, 0.5) is 5.69 Å². The zero-order valence-electron chi connectivity index (χ0n) is 19.7. The lowest BCUT2D eigenvalue weighted by Crippen LogP contribution is -2.50. The van der Waals surface area contributed by atoms with E-state index in [4.69, 9.17) is 4.74 Å². The quantitative estimate of drug-likeness (QED) is 0.585. The van der Waals surface area contributed by atoms with Gasteiger partial charge in [-0.1, -0.05) is 48.5 Å². The molecule has 3 aromatic rings. The van der Waals surface area contributed by atoms with Gasteiger partial charge in [0.15, 0.2) is 0 Å². The average Bonchev–Trinajstić information content (AvgIpc) is 2.86. The summed E-state index contributed by atoms with van der Waals surface area (Å²) < 4.78 is 5.76. The summed E-state index contributed by atoms with van der Waals surface area (Å²) in [6.07, 6.45) is 1.60. The molecule has 2 heterocycles. The highest BCUT2D eigenvalue weighted by Crippen LogP contribution is 2.19. The lowest BCUT2D eigenvalue weighted by atomic mass is 10.1. The normalized spacial score (nSPS) is 14.0. The molecule has 1 N–H and O–H groups in total. The first kappa shape index (κ1) is 23.4. The van der Waals surface area contributed by atoms with E-state index in [0.29, 0.717) is 50.8 Å². The number of anilines is 1. The third-order valence-electron chi connectivity index (χ3n) is 5.98. The lowest BCUT2D eigenvalue weighted by molar-refractivity contribution is -0.117. The topological polar surface area (TPSA) is 74.8 Å². The van der Waals surface area contributed by atoms with Crippen LogP contribution in [0.5, 0.6) is 5.88 Å². The van der Waals surface area contributed by atoms with Crippen molar-refractivity contribution in [2.24, 2.45) is 0 Å². The van der Waals surface area contributed by atoms with Crippen LogP contribution in [-0.4, -0.2) is 59.3 Å². The summed E-state index contributed by atoms with van der Waals surface area (Å²) in [6.45, 7) is 7.12. The summed E-state index contributed by atoms with van der Waals surface area (Å²) in [5.74, 6) is 0.342. The van der Waals surface area contributed by atoms with Crippen LogP contribution in [0, 0.1) is 13.8 Å². The van der Waals surface area contributed by atoms with Gasteiger partial charge in [-0.15, -0.1) is 0 Å². The zero-order chi connectivity index (χ0) is 23.9. The summed E-state index contributed by atoms with van der Waals surface area (Å²) in [5, 5.41) is 3.03. The number of ether oxygens (including phenoxy) is 1. The predicted molar refractivity (Wildman–Crippen MR) is 132 cm³/mol. The predicted octanol–water partition coefficient (Wildman–Crippen LogP) is 3.67. The first-order valence-corrected chi connectivity index (χ1v) is 11.5. The fourth-order valence-corrected chi connectivity index (χ4v) is 4.04. The van der Waals surface area contributed by atoms with Crippen molar-refractivity contribution in [2.45, 2.75) is 20.5 Å². The van der Waals surface area contributed by atoms with Crippen molar-refractivity contribution in [2.75, 3.05) is 38.0 Å². The number of piperazine rings is 1. The van der Waals surface area contributed by atoms with Gasteiger partial charge in [0.2, 0.25) is 11.8 Å². The van der Waals surface area contributed by atoms with Gasteiger partial charge in [-0.3, -0.25) is 14.5 Å². The maximum atomic E-state index is 13.0. The maximum absolute atomic E-state index is 13.0. The van der Waals surface area contributed by atoms with Crippen molar-refractivity contribution < 1.29 is 14.3 Å². The van der Waals surface area contributed by atoms with E-state index in [9.17, 15) is 9.59 Å². The lowest BCUT2D eigenvalue weighted by Gasteiger charge is -2.34. The molecule has 7 nitrogen and oxygen atoms in total. The standard InChI is InChI=1S/C27H30N4O3/c1-20-7-6-8-21(2)26(20)29-24(32)18-30-13-15-31(16-14-30)27(33)23-11-12-28-25(17-23)34-19-22-9-4-3-5-10-22/h3-12,17H,13-16,18-19H2,1-2H3,(H,29,32). The minimum Gasteiger partial charge on any atom is -0.473 e. The van der Waals surface area contributed by atoms with Crippen molar-refractivity contribution in [3.05, 3.63) is 89.1 Å². The molecule has 1 aliphatic heterocycles. The van der Waals surface area contributed by atoms with Crippen LogP contribution in [0.3, 0.4) is 0 Å². The number of hydrogen-bond acceptors (Lipinski definition) is 5. The van der Waals surface area contributed by atoms with E-state index >= 15 is 0 Å². The molecule has 0 spiro atoms. The molecule has 0 bridgehead atoms. The summed E-state index contributed by atoms with van der Waals surface area (Å²) in [6, 6.07) is 19.2. The SMILES string of the molecule is Cc1cccc(C)c1NC(=O)CN1CCN(C(=O)c2ccnc(OCc3ccccc3)c2)CC1. The molecule has 4 rings (SSSR count). The van der Waals surface area contributed by atoms with E-state index in [0.717, 1.165) is 22.4 Å². The largest absolute Gasteiger partial charge is 0.473 e. The number of aryl methyl sites for hydroxylation is 2. The second kappa shape index (κ2) is 10.9. The molecule has 1 saturated heterocycles. The van der Waals surface area contributed by atoms with E-state index in [1.807, 2.05) is 67.3 Å². The Kier molecular flexibility index (Phi) is 7.54. The number of rotatable bonds is 7. The molecular weight excluding hydrogens is 428 g/mol. The van der Waals surface area contributed by atoms with Gasteiger partial charge >= 0.3 is 0 Å². The Morgan fingerprint density at radius 1 is 0.941 bits per heavy atom. The number of para-hydroxylation sites is 1. The number of hydrogen-bond donors (Lipinski definition) is 1. The van der Waals surface area contributed by atoms with Crippen molar-refractivity contribution in [3.8, 4) is 5.88 Å². The maximum Gasteiger partial charge on any atom is 0.254 e. The average molecular weight is 459 g/mol. The Morgan fingerprint density at radius 3 is 2.35 bits per heavy atom. The minimum atomic E-state index is -0.0494. The van der Waals surface area contributed by atoms with E-state index in [-0.39, 0.29) is 11.8 Å². The molecule has 2 aromatic carbocycles. The summed E-state index contributed by atoms with van der Waals surface area (Å²) in [7, 11) is 0. The fraction of sp³-hybridized carbons (Fsp3) is 0.296. The van der Waals surface area contributed by atoms with E-state index in [1.165, 1.54) is 0 Å². The summed E-state index contributed by atoms with van der Waals surface area (Å²) in [4.78, 5) is 33.7. The molecule has 1 fully saturated rings. The van der Waals surface area contributed by atoms with Crippen LogP contribution in [0.1, 0.15) is 27.0 Å². The van der Waals surface area contributed by atoms with Crippen LogP contribution in [0.15, 0.2) is 66.9 Å². The molecule has 0 unspecified atom stereocenters. The van der Waals surface area contributed by atoms with Crippen LogP contribution in [0.25, 0.3) is 0 Å². The Bertz CT molecular complexity index is 1120. The van der Waals surface area contributed by atoms with Gasteiger partial charge in [0.05, 0.1) is 6.54 Å². The number of nitrogens with zero attached hydrogens (tertiary/aromatic N) is 3. The Balaban J connectivity index is 1.27. The monoisotopic (exact) mass is 458 g/mol. The molecule has 1 aliphatic rings. The third-order valence-corrected chi connectivity index (χ3v) is 5.98. The molecule has 176 valence electrons. The Hall–Kier alpha value is -3.71. The second-order valence-electron chi connectivity index (χ2n) is 8.54. The fourth-order valence-electron chi connectivity index (χ4n) is 4.04. The van der Waals surface area contributed by atoms with Crippen molar-refractivity contribution in [1.82, 2.24) is 14.8 Å². The van der Waals surface area contributed by atoms with Gasteiger partial charge in [0.1, 0.15) is 6.61 Å². The molecule has 2 amide bonds. The summed E-state index contributed by atoms with van der Waals surface area (Å²) in [5.41, 5.74) is 4.57. The van der Waals surface area contributed by atoms with Crippen LogP contribution in [0.2, 0.25) is 0 Å². The molecule has 0 atom stereocenters. The third kappa shape index (κ3) is 5.99. The molecule has 34 heavy (non-hydrogen) atoms. The number of amides is 2. The van der Waals surface area contributed by atoms with Gasteiger partial charge in [-0.25, -0.2) is 4.98 Å². The Morgan fingerprint density at radius 2 is 1.65 bits per heavy atom. The number of nitrogens with one attached hydrogen (secondary N) is 1. The highest BCUT2D eigenvalue weighted by atomic mass is 16.5. The first-order valence-electron chi connectivity index (χ1n) is 11.5. The van der Waals surface area contributed by atoms with Crippen LogP contribution >= 0.6 is 0 Å². The molecule has 7 heteroatoms. The van der Waals surface area contributed by atoms with Gasteiger partial charge in [0.25, 0.3) is 5.91 Å². The highest BCUT2D eigenvalue weighted by molar-refractivity contribution is 5.95. The molecule has 0 aliphatic carbocycles. The van der Waals surface area contributed by atoms with Crippen LogP contribution in [-0.2, 0) is 11.4 Å². The van der Waals surface area contributed by atoms with Crippen LogP contribution < -0.4 is 10.1 Å². The number of carbonyl (C=O) groups is 2. The molecular formula is C27H30N4O3. The van der Waals surface area contributed by atoms with E-state index in [1.54, 1.807) is 18.3 Å². The van der Waals surface area contributed by atoms with Gasteiger partial charge < -0.3 is 15.0 Å².